The van der Waals surface area contributed by atoms with Gasteiger partial charge in [0.2, 0.25) is 0 Å². The fourth-order valence-electron chi connectivity index (χ4n) is 2.42. The molecule has 1 N–H and O–H groups in total. The van der Waals surface area contributed by atoms with Crippen molar-refractivity contribution in [3.8, 4) is 0 Å². The molecule has 6 nitrogen and oxygen atoms in total. The Morgan fingerprint density at radius 3 is 2.67 bits per heavy atom. The van der Waals surface area contributed by atoms with Gasteiger partial charge in [0.05, 0.1) is 10.6 Å². The van der Waals surface area contributed by atoms with E-state index in [9.17, 15) is 4.79 Å². The van der Waals surface area contributed by atoms with Gasteiger partial charge in [-0.1, -0.05) is 34.7 Å². The molecule has 0 aliphatic rings. The Balaban J connectivity index is 1.67. The van der Waals surface area contributed by atoms with Crippen LogP contribution in [0.1, 0.15) is 24.2 Å². The van der Waals surface area contributed by atoms with Gasteiger partial charge in [0, 0.05) is 29.9 Å². The van der Waals surface area contributed by atoms with Gasteiger partial charge in [0.25, 0.3) is 5.91 Å². The van der Waals surface area contributed by atoms with Gasteiger partial charge in [0.1, 0.15) is 11.3 Å². The maximum absolute atomic E-state index is 12.5. The second kappa shape index (κ2) is 9.16. The quantitative estimate of drug-likeness (QED) is 0.591. The highest BCUT2D eigenvalue weighted by Crippen LogP contribution is 2.35. The van der Waals surface area contributed by atoms with E-state index in [1.807, 2.05) is 18.2 Å². The van der Waals surface area contributed by atoms with E-state index in [1.165, 1.54) is 23.1 Å². The highest BCUT2D eigenvalue weighted by molar-refractivity contribution is 8.01. The summed E-state index contributed by atoms with van der Waals surface area (Å²) in [7, 11) is 0. The molecule has 0 spiro atoms. The third kappa shape index (κ3) is 4.97. The topological polar surface area (TPSA) is 71.0 Å². The minimum Gasteiger partial charge on any atom is -0.357 e. The largest absolute Gasteiger partial charge is 0.357 e. The van der Waals surface area contributed by atoms with Crippen molar-refractivity contribution in [2.45, 2.75) is 23.1 Å². The molecule has 2 aromatic heterocycles. The average Bonchev–Trinajstić information content (AvgIpc) is 3.19. The van der Waals surface area contributed by atoms with Crippen LogP contribution in [-0.4, -0.2) is 34.2 Å². The molecular weight excluding hydrogens is 402 g/mol. The highest BCUT2D eigenvalue weighted by Gasteiger charge is 2.11. The highest BCUT2D eigenvalue weighted by atomic mass is 35.5. The van der Waals surface area contributed by atoms with E-state index in [2.05, 4.69) is 39.2 Å². The SMILES string of the molecule is CCN(CC)c1ccc(C(=O)Nc2ccc(Sc3nncs3)c(Cl)c2)cn1. The van der Waals surface area contributed by atoms with Crippen molar-refractivity contribution in [2.24, 2.45) is 0 Å². The maximum atomic E-state index is 12.5. The lowest BCUT2D eigenvalue weighted by molar-refractivity contribution is 0.102. The summed E-state index contributed by atoms with van der Waals surface area (Å²) < 4.78 is 0.813. The van der Waals surface area contributed by atoms with E-state index in [4.69, 9.17) is 11.6 Å². The number of carbonyl (C=O) groups excluding carboxylic acids is 1. The summed E-state index contributed by atoms with van der Waals surface area (Å²) in [6, 6.07) is 9.02. The minimum atomic E-state index is -0.228. The summed E-state index contributed by atoms with van der Waals surface area (Å²) in [5.41, 5.74) is 2.79. The summed E-state index contributed by atoms with van der Waals surface area (Å²) >= 11 is 9.22. The van der Waals surface area contributed by atoms with Crippen LogP contribution in [0.15, 0.2) is 51.3 Å². The van der Waals surface area contributed by atoms with Crippen LogP contribution in [0.4, 0.5) is 11.5 Å². The number of carbonyl (C=O) groups is 1. The number of benzene rings is 1. The molecule has 0 bridgehead atoms. The number of halogens is 1. The van der Waals surface area contributed by atoms with Crippen LogP contribution in [0.5, 0.6) is 0 Å². The van der Waals surface area contributed by atoms with E-state index in [1.54, 1.807) is 23.8 Å². The van der Waals surface area contributed by atoms with Crippen molar-refractivity contribution in [3.63, 3.8) is 0 Å². The molecule has 0 saturated heterocycles. The summed E-state index contributed by atoms with van der Waals surface area (Å²) in [4.78, 5) is 19.8. The fraction of sp³-hybridized carbons (Fsp3) is 0.222. The zero-order valence-electron chi connectivity index (χ0n) is 14.8. The molecule has 1 amide bonds. The molecule has 27 heavy (non-hydrogen) atoms. The Morgan fingerprint density at radius 2 is 2.07 bits per heavy atom. The van der Waals surface area contributed by atoms with Gasteiger partial charge >= 0.3 is 0 Å². The number of hydrogen-bond acceptors (Lipinski definition) is 7. The molecule has 0 fully saturated rings. The monoisotopic (exact) mass is 419 g/mol. The first-order valence-corrected chi connectivity index (χ1v) is 10.4. The van der Waals surface area contributed by atoms with Crippen molar-refractivity contribution in [1.82, 2.24) is 15.2 Å². The van der Waals surface area contributed by atoms with Crippen molar-refractivity contribution >= 4 is 52.1 Å². The Morgan fingerprint density at radius 1 is 1.26 bits per heavy atom. The van der Waals surface area contributed by atoms with E-state index in [-0.39, 0.29) is 5.91 Å². The van der Waals surface area contributed by atoms with Crippen LogP contribution in [0.3, 0.4) is 0 Å². The Labute approximate surface area is 171 Å². The maximum Gasteiger partial charge on any atom is 0.257 e. The second-order valence-corrected chi connectivity index (χ2v) is 8.01. The average molecular weight is 420 g/mol. The van der Waals surface area contributed by atoms with Crippen LogP contribution in [-0.2, 0) is 0 Å². The zero-order valence-corrected chi connectivity index (χ0v) is 17.2. The third-order valence-electron chi connectivity index (χ3n) is 3.82. The molecule has 0 aliphatic heterocycles. The van der Waals surface area contributed by atoms with Crippen LogP contribution in [0.25, 0.3) is 0 Å². The Bertz CT molecular complexity index is 899. The zero-order chi connectivity index (χ0) is 19.2. The van der Waals surface area contributed by atoms with Crippen LogP contribution >= 0.6 is 34.7 Å². The van der Waals surface area contributed by atoms with Crippen molar-refractivity contribution in [2.75, 3.05) is 23.3 Å². The molecule has 0 radical (unpaired) electrons. The van der Waals surface area contributed by atoms with Crippen molar-refractivity contribution < 1.29 is 4.79 Å². The van der Waals surface area contributed by atoms with Gasteiger partial charge in [-0.15, -0.1) is 10.2 Å². The molecule has 0 atom stereocenters. The normalized spacial score (nSPS) is 10.6. The van der Waals surface area contributed by atoms with E-state index in [0.29, 0.717) is 16.3 Å². The molecule has 0 saturated carbocycles. The standard InChI is InChI=1S/C18H18ClN5OS2/c1-3-24(4-2)16-8-5-12(10-20-16)17(25)22-13-6-7-15(14(19)9-13)27-18-23-21-11-26-18/h5-11H,3-4H2,1-2H3,(H,22,25). The number of nitrogens with one attached hydrogen (secondary N) is 1. The molecule has 9 heteroatoms. The molecular formula is C18H18ClN5OS2. The van der Waals surface area contributed by atoms with Gasteiger partial charge in [-0.05, 0) is 44.2 Å². The molecule has 3 rings (SSSR count). The van der Waals surface area contributed by atoms with E-state index < -0.39 is 0 Å². The molecule has 2 heterocycles. The Kier molecular flexibility index (Phi) is 6.65. The summed E-state index contributed by atoms with van der Waals surface area (Å²) in [5, 5.41) is 11.2. The van der Waals surface area contributed by atoms with Gasteiger partial charge < -0.3 is 10.2 Å². The van der Waals surface area contributed by atoms with Crippen LogP contribution in [0, 0.1) is 0 Å². The van der Waals surface area contributed by atoms with E-state index in [0.717, 1.165) is 28.1 Å². The number of rotatable bonds is 7. The second-order valence-electron chi connectivity index (χ2n) is 5.48. The number of nitrogens with zero attached hydrogens (tertiary/aromatic N) is 4. The smallest absolute Gasteiger partial charge is 0.257 e. The lowest BCUT2D eigenvalue weighted by Crippen LogP contribution is -2.23. The number of pyridine rings is 1. The number of aromatic nitrogens is 3. The lowest BCUT2D eigenvalue weighted by atomic mass is 10.2. The first kappa shape index (κ1) is 19.6. The van der Waals surface area contributed by atoms with Crippen LogP contribution < -0.4 is 10.2 Å². The number of amides is 1. The third-order valence-corrected chi connectivity index (χ3v) is 6.10. The Hall–Kier alpha value is -2.16. The summed E-state index contributed by atoms with van der Waals surface area (Å²) in [6.45, 7) is 5.88. The molecule has 1 aromatic carbocycles. The lowest BCUT2D eigenvalue weighted by Gasteiger charge is -2.19. The van der Waals surface area contributed by atoms with Crippen molar-refractivity contribution in [1.29, 1.82) is 0 Å². The van der Waals surface area contributed by atoms with Crippen LogP contribution in [0.2, 0.25) is 5.02 Å². The number of hydrogen-bond donors (Lipinski definition) is 1. The number of anilines is 2. The first-order chi connectivity index (χ1) is 13.1. The van der Waals surface area contributed by atoms with Gasteiger partial charge in [0.15, 0.2) is 4.34 Å². The van der Waals surface area contributed by atoms with Gasteiger partial charge in [-0.2, -0.15) is 0 Å². The predicted octanol–water partition coefficient (Wildman–Crippen LogP) is 4.84. The van der Waals surface area contributed by atoms with Gasteiger partial charge in [-0.3, -0.25) is 4.79 Å². The first-order valence-electron chi connectivity index (χ1n) is 8.36. The predicted molar refractivity (Wildman–Crippen MR) is 111 cm³/mol. The molecule has 0 unspecified atom stereocenters. The van der Waals surface area contributed by atoms with Gasteiger partial charge in [-0.25, -0.2) is 4.98 Å². The van der Waals surface area contributed by atoms with Crippen molar-refractivity contribution in [3.05, 3.63) is 52.6 Å². The minimum absolute atomic E-state index is 0.228. The molecule has 0 aliphatic carbocycles. The summed E-state index contributed by atoms with van der Waals surface area (Å²) in [6.07, 6.45) is 1.59. The molecule has 140 valence electrons. The molecule has 3 aromatic rings. The fourth-order valence-corrected chi connectivity index (χ4v) is 4.16. The van der Waals surface area contributed by atoms with E-state index >= 15 is 0 Å². The summed E-state index contributed by atoms with van der Waals surface area (Å²) in [5.74, 6) is 0.631.